The topological polar surface area (TPSA) is 9.72 Å². The summed E-state index contributed by atoms with van der Waals surface area (Å²) in [5.74, 6) is -0.0677. The quantitative estimate of drug-likeness (QED) is 0.434. The maximum atomic E-state index is 2.77. The first-order valence-corrected chi connectivity index (χ1v) is 10.7. The second-order valence-corrected chi connectivity index (χ2v) is 9.31. The third kappa shape index (κ3) is 5.43. The van der Waals surface area contributed by atoms with Crippen LogP contribution in [0.5, 0.6) is 0 Å². The summed E-state index contributed by atoms with van der Waals surface area (Å²) in [5, 5.41) is 0. The Morgan fingerprint density at radius 2 is 0.680 bits per heavy atom. The van der Waals surface area contributed by atoms with E-state index in [0.29, 0.717) is 36.3 Å². The van der Waals surface area contributed by atoms with Crippen molar-refractivity contribution in [2.24, 2.45) is 0 Å². The Hall–Kier alpha value is -0.120. The fourth-order valence-corrected chi connectivity index (χ4v) is 5.39. The summed E-state index contributed by atoms with van der Waals surface area (Å²) in [6.45, 7) is 30.7. The highest BCUT2D eigenvalue weighted by molar-refractivity contribution is 4.98. The van der Waals surface area contributed by atoms with Crippen molar-refractivity contribution in [3.8, 4) is 0 Å². The minimum Gasteiger partial charge on any atom is -0.268 e. The van der Waals surface area contributed by atoms with Crippen molar-refractivity contribution < 1.29 is 0 Å². The van der Waals surface area contributed by atoms with Crippen LogP contribution < -0.4 is 0 Å². The lowest BCUT2D eigenvalue weighted by atomic mass is 9.95. The highest BCUT2D eigenvalue weighted by atomic mass is 15.6. The molecule has 0 saturated heterocycles. The minimum atomic E-state index is -0.0677. The molecule has 0 amide bonds. The largest absolute Gasteiger partial charge is 0.268 e. The minimum absolute atomic E-state index is 0.0677. The van der Waals surface area contributed by atoms with Gasteiger partial charge in [-0.15, -0.1) is 0 Å². The molecule has 0 bridgehead atoms. The molecule has 3 nitrogen and oxygen atoms in total. The van der Waals surface area contributed by atoms with Crippen molar-refractivity contribution in [2.75, 3.05) is 0 Å². The summed E-state index contributed by atoms with van der Waals surface area (Å²) in [6, 6.07) is 2.95. The molecule has 25 heavy (non-hydrogen) atoms. The van der Waals surface area contributed by atoms with E-state index >= 15 is 0 Å². The molecule has 0 aromatic carbocycles. The van der Waals surface area contributed by atoms with Gasteiger partial charge in [0.1, 0.15) is 5.79 Å². The second-order valence-electron chi connectivity index (χ2n) is 9.31. The molecule has 0 aromatic heterocycles. The Kier molecular flexibility index (Phi) is 10.2. The zero-order valence-corrected chi connectivity index (χ0v) is 19.7. The number of rotatable bonds is 11. The third-order valence-corrected chi connectivity index (χ3v) is 5.16. The van der Waals surface area contributed by atoms with Crippen LogP contribution in [0.25, 0.3) is 0 Å². The van der Waals surface area contributed by atoms with Crippen LogP contribution in [0, 0.1) is 0 Å². The Labute approximate surface area is 160 Å². The Morgan fingerprint density at radius 3 is 0.800 bits per heavy atom. The maximum absolute atomic E-state index is 2.77. The van der Waals surface area contributed by atoms with Crippen molar-refractivity contribution in [3.63, 3.8) is 0 Å². The molecule has 0 atom stereocenters. The summed E-state index contributed by atoms with van der Waals surface area (Å²) in [6.07, 6.45) is 2.35. The molecular formula is C22H49N3. The zero-order valence-electron chi connectivity index (χ0n) is 19.7. The first-order valence-electron chi connectivity index (χ1n) is 10.7. The Balaban J connectivity index is 6.84. The van der Waals surface area contributed by atoms with Gasteiger partial charge in [0, 0.05) is 36.3 Å². The predicted octanol–water partition coefficient (Wildman–Crippen LogP) is 5.80. The second kappa shape index (κ2) is 10.3. The van der Waals surface area contributed by atoms with Crippen LogP contribution in [-0.2, 0) is 0 Å². The lowest BCUT2D eigenvalue weighted by molar-refractivity contribution is -0.235. The molecule has 152 valence electrons. The van der Waals surface area contributed by atoms with Crippen LogP contribution in [0.1, 0.15) is 103 Å². The van der Waals surface area contributed by atoms with Crippen molar-refractivity contribution in [2.45, 2.75) is 145 Å². The van der Waals surface area contributed by atoms with Crippen molar-refractivity contribution in [1.82, 2.24) is 14.7 Å². The highest BCUT2D eigenvalue weighted by Crippen LogP contribution is 2.39. The summed E-state index contributed by atoms with van der Waals surface area (Å²) in [7, 11) is 0. The van der Waals surface area contributed by atoms with Gasteiger partial charge in [0.2, 0.25) is 0 Å². The van der Waals surface area contributed by atoms with Gasteiger partial charge in [-0.25, -0.2) is 0 Å². The van der Waals surface area contributed by atoms with Gasteiger partial charge in [0.05, 0.1) is 0 Å². The monoisotopic (exact) mass is 355 g/mol. The summed E-state index contributed by atoms with van der Waals surface area (Å²) < 4.78 is 0. The van der Waals surface area contributed by atoms with E-state index in [4.69, 9.17) is 0 Å². The van der Waals surface area contributed by atoms with Crippen molar-refractivity contribution in [1.29, 1.82) is 0 Å². The molecule has 0 aliphatic rings. The molecule has 0 radical (unpaired) electrons. The van der Waals surface area contributed by atoms with Crippen LogP contribution in [0.15, 0.2) is 0 Å². The Morgan fingerprint density at radius 1 is 0.480 bits per heavy atom. The molecule has 3 heteroatoms. The van der Waals surface area contributed by atoms with E-state index in [-0.39, 0.29) is 5.79 Å². The number of hydrogen-bond donors (Lipinski definition) is 0. The standard InChI is InChI=1S/C22H49N3/c1-14-15-22(23(16(2)3)17(4)5,24(18(6)7)19(8)9)25(20(10)11)21(12)13/h16-21H,14-15H2,1-13H3. The van der Waals surface area contributed by atoms with E-state index in [0.717, 1.165) is 6.42 Å². The average molecular weight is 356 g/mol. The van der Waals surface area contributed by atoms with Crippen LogP contribution >= 0.6 is 0 Å². The lowest BCUT2D eigenvalue weighted by Gasteiger charge is -2.63. The van der Waals surface area contributed by atoms with Gasteiger partial charge in [0.15, 0.2) is 0 Å². The maximum Gasteiger partial charge on any atom is 0.132 e. The van der Waals surface area contributed by atoms with E-state index in [2.05, 4.69) is 105 Å². The zero-order chi connectivity index (χ0) is 20.1. The SMILES string of the molecule is CCCC(N(C(C)C)C(C)C)(N(C(C)C)C(C)C)N(C(C)C)C(C)C. The third-order valence-electron chi connectivity index (χ3n) is 5.16. The normalized spacial score (nSPS) is 14.2. The van der Waals surface area contributed by atoms with Gasteiger partial charge in [-0.1, -0.05) is 13.3 Å². The van der Waals surface area contributed by atoms with Crippen LogP contribution in [0.3, 0.4) is 0 Å². The van der Waals surface area contributed by atoms with Gasteiger partial charge in [0.25, 0.3) is 0 Å². The van der Waals surface area contributed by atoms with Gasteiger partial charge in [-0.05, 0) is 89.5 Å². The highest BCUT2D eigenvalue weighted by Gasteiger charge is 2.51. The van der Waals surface area contributed by atoms with E-state index < -0.39 is 0 Å². The Bertz CT molecular complexity index is 284. The molecule has 0 heterocycles. The lowest BCUT2D eigenvalue weighted by Crippen LogP contribution is -2.77. The molecule has 0 aromatic rings. The molecule has 0 unspecified atom stereocenters. The molecule has 0 rings (SSSR count). The van der Waals surface area contributed by atoms with Crippen LogP contribution in [0.4, 0.5) is 0 Å². The first kappa shape index (κ1) is 24.9. The molecule has 0 N–H and O–H groups in total. The van der Waals surface area contributed by atoms with Gasteiger partial charge in [-0.2, -0.15) is 0 Å². The first-order chi connectivity index (χ1) is 11.4. The van der Waals surface area contributed by atoms with Crippen LogP contribution in [-0.4, -0.2) is 56.7 Å². The van der Waals surface area contributed by atoms with E-state index in [1.165, 1.54) is 6.42 Å². The van der Waals surface area contributed by atoms with Crippen molar-refractivity contribution in [3.05, 3.63) is 0 Å². The number of hydrogen-bond acceptors (Lipinski definition) is 3. The van der Waals surface area contributed by atoms with Gasteiger partial charge in [-0.3, -0.25) is 14.7 Å². The molecule has 0 aliphatic carbocycles. The fourth-order valence-electron chi connectivity index (χ4n) is 5.39. The summed E-state index contributed by atoms with van der Waals surface area (Å²) in [5.41, 5.74) is 0. The molecule has 0 saturated carbocycles. The van der Waals surface area contributed by atoms with Crippen LogP contribution in [0.2, 0.25) is 0 Å². The average Bonchev–Trinajstić information content (AvgIpc) is 2.35. The molecule has 0 fully saturated rings. The van der Waals surface area contributed by atoms with E-state index in [1.807, 2.05) is 0 Å². The predicted molar refractivity (Wildman–Crippen MR) is 114 cm³/mol. The van der Waals surface area contributed by atoms with E-state index in [1.54, 1.807) is 0 Å². The van der Waals surface area contributed by atoms with Gasteiger partial charge < -0.3 is 0 Å². The molecular weight excluding hydrogens is 306 g/mol. The van der Waals surface area contributed by atoms with E-state index in [9.17, 15) is 0 Å². The van der Waals surface area contributed by atoms with Gasteiger partial charge >= 0.3 is 0 Å². The van der Waals surface area contributed by atoms with Crippen molar-refractivity contribution >= 4 is 0 Å². The molecule has 0 aliphatic heterocycles. The number of nitrogens with zero attached hydrogens (tertiary/aromatic N) is 3. The summed E-state index contributed by atoms with van der Waals surface area (Å²) in [4.78, 5) is 8.32. The smallest absolute Gasteiger partial charge is 0.132 e. The summed E-state index contributed by atoms with van der Waals surface area (Å²) >= 11 is 0. The molecule has 0 spiro atoms. The fraction of sp³-hybridized carbons (Fsp3) is 1.00.